The SMILES string of the molecule is Nc1ncccc1C(=O)NCCc1cccs1. The van der Waals surface area contributed by atoms with Crippen molar-refractivity contribution < 1.29 is 4.79 Å². The van der Waals surface area contributed by atoms with Gasteiger partial charge >= 0.3 is 0 Å². The number of nitrogens with two attached hydrogens (primary N) is 1. The minimum atomic E-state index is -0.174. The number of anilines is 1. The lowest BCUT2D eigenvalue weighted by atomic mass is 10.2. The van der Waals surface area contributed by atoms with Crippen LogP contribution in [-0.2, 0) is 6.42 Å². The summed E-state index contributed by atoms with van der Waals surface area (Å²) in [4.78, 5) is 16.9. The third-order valence-corrected chi connectivity index (χ3v) is 3.26. The first-order chi connectivity index (χ1) is 8.27. The maximum atomic E-state index is 11.8. The second kappa shape index (κ2) is 5.45. The molecule has 0 aromatic carbocycles. The molecule has 0 aliphatic carbocycles. The monoisotopic (exact) mass is 247 g/mol. The van der Waals surface area contributed by atoms with Crippen LogP contribution in [0.15, 0.2) is 35.8 Å². The molecule has 0 unspecified atom stereocenters. The average molecular weight is 247 g/mol. The van der Waals surface area contributed by atoms with Crippen molar-refractivity contribution in [2.75, 3.05) is 12.3 Å². The summed E-state index contributed by atoms with van der Waals surface area (Å²) in [5.74, 6) is 0.0910. The number of pyridine rings is 1. The van der Waals surface area contributed by atoms with Crippen LogP contribution >= 0.6 is 11.3 Å². The third-order valence-electron chi connectivity index (χ3n) is 2.32. The Kier molecular flexibility index (Phi) is 3.72. The van der Waals surface area contributed by atoms with Crippen LogP contribution in [0.4, 0.5) is 5.82 Å². The third kappa shape index (κ3) is 3.04. The number of nitrogens with one attached hydrogen (secondary N) is 1. The lowest BCUT2D eigenvalue weighted by molar-refractivity contribution is 0.0955. The van der Waals surface area contributed by atoms with Gasteiger partial charge < -0.3 is 11.1 Å². The molecule has 2 heterocycles. The average Bonchev–Trinajstić information content (AvgIpc) is 2.82. The highest BCUT2D eigenvalue weighted by atomic mass is 32.1. The highest BCUT2D eigenvalue weighted by Crippen LogP contribution is 2.09. The number of aromatic nitrogens is 1. The fourth-order valence-corrected chi connectivity index (χ4v) is 2.17. The molecule has 2 aromatic heterocycles. The number of rotatable bonds is 4. The molecule has 0 spiro atoms. The Morgan fingerprint density at radius 3 is 3.00 bits per heavy atom. The first-order valence-electron chi connectivity index (χ1n) is 5.28. The summed E-state index contributed by atoms with van der Waals surface area (Å²) in [6, 6.07) is 7.42. The van der Waals surface area contributed by atoms with Crippen LogP contribution in [0.2, 0.25) is 0 Å². The summed E-state index contributed by atoms with van der Waals surface area (Å²) in [5.41, 5.74) is 6.05. The summed E-state index contributed by atoms with van der Waals surface area (Å²) in [5, 5.41) is 4.85. The van der Waals surface area contributed by atoms with Gasteiger partial charge in [-0.05, 0) is 30.0 Å². The van der Waals surface area contributed by atoms with E-state index in [2.05, 4.69) is 16.4 Å². The van der Waals surface area contributed by atoms with Crippen molar-refractivity contribution in [3.63, 3.8) is 0 Å². The van der Waals surface area contributed by atoms with Gasteiger partial charge in [-0.1, -0.05) is 6.07 Å². The van der Waals surface area contributed by atoms with Gasteiger partial charge in [-0.25, -0.2) is 4.98 Å². The van der Waals surface area contributed by atoms with Gasteiger partial charge in [-0.3, -0.25) is 4.79 Å². The largest absolute Gasteiger partial charge is 0.383 e. The van der Waals surface area contributed by atoms with Crippen molar-refractivity contribution in [2.45, 2.75) is 6.42 Å². The van der Waals surface area contributed by atoms with Crippen molar-refractivity contribution in [2.24, 2.45) is 0 Å². The Balaban J connectivity index is 1.88. The smallest absolute Gasteiger partial charge is 0.255 e. The van der Waals surface area contributed by atoms with Crippen LogP contribution < -0.4 is 11.1 Å². The molecule has 88 valence electrons. The van der Waals surface area contributed by atoms with Gasteiger partial charge in [0.2, 0.25) is 0 Å². The maximum Gasteiger partial charge on any atom is 0.255 e. The molecule has 5 heteroatoms. The molecular weight excluding hydrogens is 234 g/mol. The number of carbonyl (C=O) groups excluding carboxylic acids is 1. The molecule has 2 aromatic rings. The molecule has 0 fully saturated rings. The zero-order valence-corrected chi connectivity index (χ0v) is 10.0. The Hall–Kier alpha value is -1.88. The van der Waals surface area contributed by atoms with Crippen LogP contribution in [0.5, 0.6) is 0 Å². The number of nitrogen functional groups attached to an aromatic ring is 1. The number of carbonyl (C=O) groups is 1. The highest BCUT2D eigenvalue weighted by Gasteiger charge is 2.08. The minimum absolute atomic E-state index is 0.174. The van der Waals surface area contributed by atoms with Crippen molar-refractivity contribution in [3.8, 4) is 0 Å². The van der Waals surface area contributed by atoms with E-state index in [1.54, 1.807) is 29.7 Å². The normalized spacial score (nSPS) is 10.1. The lowest BCUT2D eigenvalue weighted by Gasteiger charge is -2.05. The molecule has 3 N–H and O–H groups in total. The van der Waals surface area contributed by atoms with E-state index < -0.39 is 0 Å². The Morgan fingerprint density at radius 1 is 1.41 bits per heavy atom. The van der Waals surface area contributed by atoms with Crippen LogP contribution in [-0.4, -0.2) is 17.4 Å². The zero-order valence-electron chi connectivity index (χ0n) is 9.22. The number of nitrogens with zero attached hydrogens (tertiary/aromatic N) is 1. The molecule has 17 heavy (non-hydrogen) atoms. The summed E-state index contributed by atoms with van der Waals surface area (Å²) < 4.78 is 0. The first-order valence-corrected chi connectivity index (χ1v) is 6.16. The lowest BCUT2D eigenvalue weighted by Crippen LogP contribution is -2.26. The predicted molar refractivity (Wildman–Crippen MR) is 69.0 cm³/mol. The summed E-state index contributed by atoms with van der Waals surface area (Å²) in [6.07, 6.45) is 2.40. The van der Waals surface area contributed by atoms with Gasteiger partial charge in [0, 0.05) is 17.6 Å². The first kappa shape index (κ1) is 11.6. The van der Waals surface area contributed by atoms with Crippen LogP contribution in [0.25, 0.3) is 0 Å². The molecule has 1 amide bonds. The fraction of sp³-hybridized carbons (Fsp3) is 0.167. The van der Waals surface area contributed by atoms with E-state index in [0.29, 0.717) is 12.1 Å². The molecule has 2 rings (SSSR count). The summed E-state index contributed by atoms with van der Waals surface area (Å²) in [7, 11) is 0. The Labute approximate surface area is 103 Å². The molecule has 0 saturated carbocycles. The van der Waals surface area contributed by atoms with Gasteiger partial charge in [0.1, 0.15) is 5.82 Å². The van der Waals surface area contributed by atoms with Crippen LogP contribution in [0.1, 0.15) is 15.2 Å². The molecule has 0 atom stereocenters. The Bertz CT molecular complexity index is 496. The van der Waals surface area contributed by atoms with E-state index in [-0.39, 0.29) is 11.7 Å². The van der Waals surface area contributed by atoms with E-state index in [0.717, 1.165) is 6.42 Å². The van der Waals surface area contributed by atoms with Crippen LogP contribution in [0.3, 0.4) is 0 Å². The van der Waals surface area contributed by atoms with E-state index in [1.807, 2.05) is 11.4 Å². The van der Waals surface area contributed by atoms with E-state index >= 15 is 0 Å². The van der Waals surface area contributed by atoms with Gasteiger partial charge in [-0.2, -0.15) is 0 Å². The van der Waals surface area contributed by atoms with Gasteiger partial charge in [-0.15, -0.1) is 11.3 Å². The fourth-order valence-electron chi connectivity index (χ4n) is 1.46. The standard InChI is InChI=1S/C12H13N3OS/c13-11-10(4-1-6-14-11)12(16)15-7-5-9-3-2-8-17-9/h1-4,6,8H,5,7H2,(H2,13,14)(H,15,16). The quantitative estimate of drug-likeness (QED) is 0.864. The van der Waals surface area contributed by atoms with E-state index in [1.165, 1.54) is 4.88 Å². The minimum Gasteiger partial charge on any atom is -0.383 e. The van der Waals surface area contributed by atoms with Crippen LogP contribution in [0, 0.1) is 0 Å². The zero-order chi connectivity index (χ0) is 12.1. The summed E-state index contributed by atoms with van der Waals surface area (Å²) >= 11 is 1.69. The highest BCUT2D eigenvalue weighted by molar-refractivity contribution is 7.09. The molecule has 4 nitrogen and oxygen atoms in total. The second-order valence-corrected chi connectivity index (χ2v) is 4.55. The van der Waals surface area contributed by atoms with Gasteiger partial charge in [0.25, 0.3) is 5.91 Å². The Morgan fingerprint density at radius 2 is 2.29 bits per heavy atom. The van der Waals surface area contributed by atoms with Crippen molar-refractivity contribution >= 4 is 23.1 Å². The van der Waals surface area contributed by atoms with Crippen molar-refractivity contribution in [1.82, 2.24) is 10.3 Å². The van der Waals surface area contributed by atoms with Gasteiger partial charge in [0.15, 0.2) is 0 Å². The molecule has 0 aliphatic heterocycles. The van der Waals surface area contributed by atoms with E-state index in [9.17, 15) is 4.79 Å². The number of hydrogen-bond donors (Lipinski definition) is 2. The number of amides is 1. The number of thiophene rings is 1. The molecular formula is C12H13N3OS. The van der Waals surface area contributed by atoms with Crippen molar-refractivity contribution in [1.29, 1.82) is 0 Å². The summed E-state index contributed by atoms with van der Waals surface area (Å²) in [6.45, 7) is 0.605. The van der Waals surface area contributed by atoms with E-state index in [4.69, 9.17) is 5.73 Å². The second-order valence-electron chi connectivity index (χ2n) is 3.52. The number of hydrogen-bond acceptors (Lipinski definition) is 4. The van der Waals surface area contributed by atoms with Crippen molar-refractivity contribution in [3.05, 3.63) is 46.3 Å². The molecule has 0 aliphatic rings. The predicted octanol–water partition coefficient (Wildman–Crippen LogP) is 1.70. The molecule has 0 bridgehead atoms. The topological polar surface area (TPSA) is 68.0 Å². The molecule has 0 radical (unpaired) electrons. The molecule has 0 saturated heterocycles. The maximum absolute atomic E-state index is 11.8. The van der Waals surface area contributed by atoms with Gasteiger partial charge in [0.05, 0.1) is 5.56 Å².